The lowest BCUT2D eigenvalue weighted by atomic mass is 10.2. The quantitative estimate of drug-likeness (QED) is 0.568. The summed E-state index contributed by atoms with van der Waals surface area (Å²) in [6, 6.07) is 7.62. The van der Waals surface area contributed by atoms with Crippen molar-refractivity contribution in [2.75, 3.05) is 0 Å². The van der Waals surface area contributed by atoms with E-state index in [-0.39, 0.29) is 5.91 Å². The fourth-order valence-corrected chi connectivity index (χ4v) is 2.21. The van der Waals surface area contributed by atoms with Crippen LogP contribution in [0.25, 0.3) is 10.1 Å². The molecule has 1 aromatic carbocycles. The molecule has 0 aliphatic carbocycles. The maximum atomic E-state index is 11.4. The van der Waals surface area contributed by atoms with Crippen molar-refractivity contribution in [3.63, 3.8) is 0 Å². The summed E-state index contributed by atoms with van der Waals surface area (Å²) >= 11 is 1.50. The first-order valence-corrected chi connectivity index (χ1v) is 4.86. The summed E-state index contributed by atoms with van der Waals surface area (Å²) in [7, 11) is 0. The van der Waals surface area contributed by atoms with Gasteiger partial charge in [0.2, 0.25) is 0 Å². The molecule has 1 amide bonds. The Labute approximate surface area is 84.6 Å². The topological polar surface area (TPSA) is 52.9 Å². The molecule has 1 N–H and O–H groups in total. The predicted molar refractivity (Wildman–Crippen MR) is 54.9 cm³/mol. The van der Waals surface area contributed by atoms with Crippen LogP contribution in [0, 0.1) is 11.5 Å². The molecule has 0 radical (unpaired) electrons. The third-order valence-corrected chi connectivity index (χ3v) is 2.86. The summed E-state index contributed by atoms with van der Waals surface area (Å²) in [6.45, 7) is 0. The highest BCUT2D eigenvalue weighted by Crippen LogP contribution is 2.25. The fraction of sp³-hybridized carbons (Fsp3) is 0. The van der Waals surface area contributed by atoms with Crippen LogP contribution >= 0.6 is 11.3 Å². The molecule has 14 heavy (non-hydrogen) atoms. The SMILES string of the molecule is N#CNC(=O)c1csc2ccccc12. The lowest BCUT2D eigenvalue weighted by Gasteiger charge is -1.94. The van der Waals surface area contributed by atoms with Crippen molar-refractivity contribution < 1.29 is 4.79 Å². The zero-order valence-electron chi connectivity index (χ0n) is 7.15. The number of amides is 1. The number of nitrogens with one attached hydrogen (secondary N) is 1. The van der Waals surface area contributed by atoms with Crippen molar-refractivity contribution in [1.82, 2.24) is 5.32 Å². The van der Waals surface area contributed by atoms with E-state index in [2.05, 4.69) is 5.32 Å². The van der Waals surface area contributed by atoms with Crippen LogP contribution in [0.3, 0.4) is 0 Å². The van der Waals surface area contributed by atoms with Crippen LogP contribution < -0.4 is 5.32 Å². The Kier molecular flexibility index (Phi) is 2.17. The first-order valence-electron chi connectivity index (χ1n) is 3.98. The second-order valence-corrected chi connectivity index (χ2v) is 3.62. The minimum atomic E-state index is -0.343. The molecule has 0 fully saturated rings. The van der Waals surface area contributed by atoms with Crippen molar-refractivity contribution in [2.45, 2.75) is 0 Å². The molecule has 1 aromatic heterocycles. The Balaban J connectivity index is 2.54. The molecule has 0 saturated carbocycles. The van der Waals surface area contributed by atoms with Crippen LogP contribution in [0.2, 0.25) is 0 Å². The monoisotopic (exact) mass is 202 g/mol. The molecule has 0 saturated heterocycles. The van der Waals surface area contributed by atoms with Gasteiger partial charge in [-0.3, -0.25) is 10.1 Å². The summed E-state index contributed by atoms with van der Waals surface area (Å²) in [5.41, 5.74) is 0.562. The Morgan fingerprint density at radius 2 is 2.21 bits per heavy atom. The van der Waals surface area contributed by atoms with E-state index in [0.29, 0.717) is 5.56 Å². The molecule has 0 bridgehead atoms. The number of carbonyl (C=O) groups excluding carboxylic acids is 1. The molecule has 3 nitrogen and oxygen atoms in total. The van der Waals surface area contributed by atoms with Gasteiger partial charge in [-0.2, -0.15) is 5.26 Å². The Morgan fingerprint density at radius 1 is 1.43 bits per heavy atom. The molecule has 1 heterocycles. The highest BCUT2D eigenvalue weighted by atomic mass is 32.1. The highest BCUT2D eigenvalue weighted by Gasteiger charge is 2.10. The van der Waals surface area contributed by atoms with Gasteiger partial charge in [0, 0.05) is 15.5 Å². The number of rotatable bonds is 1. The summed E-state index contributed by atoms with van der Waals surface area (Å²) in [4.78, 5) is 11.4. The zero-order valence-corrected chi connectivity index (χ0v) is 7.97. The first-order chi connectivity index (χ1) is 6.83. The predicted octanol–water partition coefficient (Wildman–Crippen LogP) is 2.11. The molecule has 0 atom stereocenters. The van der Waals surface area contributed by atoms with Gasteiger partial charge in [0.15, 0.2) is 6.19 Å². The van der Waals surface area contributed by atoms with Gasteiger partial charge < -0.3 is 0 Å². The van der Waals surface area contributed by atoms with Gasteiger partial charge in [-0.05, 0) is 6.07 Å². The molecule has 0 aliphatic heterocycles. The van der Waals surface area contributed by atoms with Crippen LogP contribution in [0.1, 0.15) is 10.4 Å². The second kappa shape index (κ2) is 3.48. The van der Waals surface area contributed by atoms with Crippen molar-refractivity contribution >= 4 is 27.3 Å². The molecule has 0 spiro atoms. The third-order valence-electron chi connectivity index (χ3n) is 1.90. The smallest absolute Gasteiger partial charge is 0.265 e. The number of carbonyl (C=O) groups is 1. The van der Waals surface area contributed by atoms with Crippen LogP contribution in [0.5, 0.6) is 0 Å². The van der Waals surface area contributed by atoms with Crippen LogP contribution in [0.4, 0.5) is 0 Å². The maximum absolute atomic E-state index is 11.4. The Bertz CT molecular complexity index is 524. The number of hydrogen-bond donors (Lipinski definition) is 1. The largest absolute Gasteiger partial charge is 0.268 e. The lowest BCUT2D eigenvalue weighted by Crippen LogP contribution is -2.16. The van der Waals surface area contributed by atoms with E-state index < -0.39 is 0 Å². The van der Waals surface area contributed by atoms with E-state index in [4.69, 9.17) is 5.26 Å². The van der Waals surface area contributed by atoms with Gasteiger partial charge in [-0.15, -0.1) is 11.3 Å². The first kappa shape index (κ1) is 8.73. The molecule has 2 aromatic rings. The normalized spacial score (nSPS) is 9.64. The Morgan fingerprint density at radius 3 is 3.00 bits per heavy atom. The standard InChI is InChI=1S/C10H6N2OS/c11-6-12-10(13)8-5-14-9-4-2-1-3-7(8)9/h1-5H,(H,12,13). The van der Waals surface area contributed by atoms with Crippen LogP contribution in [-0.4, -0.2) is 5.91 Å². The molecular weight excluding hydrogens is 196 g/mol. The van der Waals surface area contributed by atoms with Crippen molar-refractivity contribution in [1.29, 1.82) is 5.26 Å². The fourth-order valence-electron chi connectivity index (χ4n) is 1.27. The molecule has 0 aliphatic rings. The third kappa shape index (κ3) is 1.34. The number of fused-ring (bicyclic) bond motifs is 1. The van der Waals surface area contributed by atoms with Crippen molar-refractivity contribution in [3.8, 4) is 6.19 Å². The number of nitriles is 1. The number of thiophene rings is 1. The molecular formula is C10H6N2OS. The van der Waals surface area contributed by atoms with Gasteiger partial charge in [0.1, 0.15) is 0 Å². The van der Waals surface area contributed by atoms with E-state index in [1.54, 1.807) is 11.6 Å². The average molecular weight is 202 g/mol. The van der Waals surface area contributed by atoms with Crippen molar-refractivity contribution in [2.24, 2.45) is 0 Å². The van der Waals surface area contributed by atoms with E-state index in [9.17, 15) is 4.79 Å². The number of hydrogen-bond acceptors (Lipinski definition) is 3. The molecule has 4 heteroatoms. The molecule has 0 unspecified atom stereocenters. The highest BCUT2D eigenvalue weighted by molar-refractivity contribution is 7.17. The molecule has 2 rings (SSSR count). The molecule has 68 valence electrons. The van der Waals surface area contributed by atoms with Crippen LogP contribution in [0.15, 0.2) is 29.6 Å². The van der Waals surface area contributed by atoms with Crippen LogP contribution in [-0.2, 0) is 0 Å². The number of benzene rings is 1. The maximum Gasteiger partial charge on any atom is 0.265 e. The average Bonchev–Trinajstić information content (AvgIpc) is 2.61. The van der Waals surface area contributed by atoms with Gasteiger partial charge in [0.25, 0.3) is 5.91 Å². The van der Waals surface area contributed by atoms with E-state index >= 15 is 0 Å². The summed E-state index contributed by atoms with van der Waals surface area (Å²) in [5.74, 6) is -0.343. The summed E-state index contributed by atoms with van der Waals surface area (Å²) in [6.07, 6.45) is 1.63. The Hall–Kier alpha value is -1.86. The van der Waals surface area contributed by atoms with Gasteiger partial charge in [0.05, 0.1) is 5.56 Å². The second-order valence-electron chi connectivity index (χ2n) is 2.71. The van der Waals surface area contributed by atoms with E-state index in [1.807, 2.05) is 24.3 Å². The van der Waals surface area contributed by atoms with Crippen molar-refractivity contribution in [3.05, 3.63) is 35.2 Å². The minimum absolute atomic E-state index is 0.343. The van der Waals surface area contributed by atoms with E-state index in [1.165, 1.54) is 11.3 Å². The number of nitrogens with zero attached hydrogens (tertiary/aromatic N) is 1. The van der Waals surface area contributed by atoms with Gasteiger partial charge in [-0.25, -0.2) is 0 Å². The minimum Gasteiger partial charge on any atom is -0.268 e. The summed E-state index contributed by atoms with van der Waals surface area (Å²) in [5, 5.41) is 13.1. The summed E-state index contributed by atoms with van der Waals surface area (Å²) < 4.78 is 1.05. The van der Waals surface area contributed by atoms with E-state index in [0.717, 1.165) is 10.1 Å². The lowest BCUT2D eigenvalue weighted by molar-refractivity contribution is 0.0975. The van der Waals surface area contributed by atoms with Gasteiger partial charge in [-0.1, -0.05) is 18.2 Å². The zero-order chi connectivity index (χ0) is 9.97. The van der Waals surface area contributed by atoms with Gasteiger partial charge >= 0.3 is 0 Å².